The summed E-state index contributed by atoms with van der Waals surface area (Å²) in [5.74, 6) is 0.537. The molecular weight excluding hydrogens is 284 g/mol. The number of hydrogen-bond donors (Lipinski definition) is 0. The molecule has 0 spiro atoms. The molecule has 6 heteroatoms. The Labute approximate surface area is 126 Å². The average molecular weight is 302 g/mol. The van der Waals surface area contributed by atoms with E-state index in [2.05, 4.69) is 28.4 Å². The summed E-state index contributed by atoms with van der Waals surface area (Å²) in [6, 6.07) is 0. The number of imidazole rings is 1. The first kappa shape index (κ1) is 14.0. The first-order chi connectivity index (χ1) is 10.1. The van der Waals surface area contributed by atoms with Crippen molar-refractivity contribution in [3.8, 4) is 0 Å². The van der Waals surface area contributed by atoms with Crippen LogP contribution in [0.5, 0.6) is 0 Å². The number of rotatable bonds is 4. The molecular formula is C15H18N4OS. The van der Waals surface area contributed by atoms with Gasteiger partial charge in [0.15, 0.2) is 0 Å². The average Bonchev–Trinajstić information content (AvgIpc) is 3.01. The molecule has 0 aliphatic rings. The number of aryl methyl sites for hydroxylation is 1. The third-order valence-electron chi connectivity index (χ3n) is 3.42. The molecule has 0 radical (unpaired) electrons. The van der Waals surface area contributed by atoms with Crippen LogP contribution in [0.4, 0.5) is 0 Å². The Morgan fingerprint density at radius 3 is 2.86 bits per heavy atom. The number of thiophene rings is 1. The van der Waals surface area contributed by atoms with E-state index in [9.17, 15) is 4.79 Å². The van der Waals surface area contributed by atoms with Crippen molar-refractivity contribution in [2.45, 2.75) is 33.9 Å². The number of hydrogen-bond acceptors (Lipinski definition) is 4. The van der Waals surface area contributed by atoms with Crippen LogP contribution >= 0.6 is 11.3 Å². The Morgan fingerprint density at radius 2 is 2.10 bits per heavy atom. The Hall–Kier alpha value is -1.95. The Morgan fingerprint density at radius 1 is 1.29 bits per heavy atom. The summed E-state index contributed by atoms with van der Waals surface area (Å²) in [5, 5.41) is 1.98. The van der Waals surface area contributed by atoms with Gasteiger partial charge in [0.25, 0.3) is 5.56 Å². The lowest BCUT2D eigenvalue weighted by atomic mass is 10.2. The van der Waals surface area contributed by atoms with Gasteiger partial charge in [-0.05, 0) is 23.8 Å². The van der Waals surface area contributed by atoms with E-state index in [0.717, 1.165) is 28.0 Å². The lowest BCUT2D eigenvalue weighted by Crippen LogP contribution is -2.22. The van der Waals surface area contributed by atoms with Crippen LogP contribution in [0.25, 0.3) is 10.2 Å². The van der Waals surface area contributed by atoms with E-state index in [1.165, 1.54) is 11.3 Å². The second-order valence-electron chi connectivity index (χ2n) is 5.71. The summed E-state index contributed by atoms with van der Waals surface area (Å²) in [6.07, 6.45) is 5.28. The molecule has 0 atom stereocenters. The highest BCUT2D eigenvalue weighted by Crippen LogP contribution is 2.19. The van der Waals surface area contributed by atoms with Gasteiger partial charge in [0, 0.05) is 12.7 Å². The molecule has 0 amide bonds. The van der Waals surface area contributed by atoms with Crippen molar-refractivity contribution >= 4 is 21.6 Å². The highest BCUT2D eigenvalue weighted by atomic mass is 32.1. The second kappa shape index (κ2) is 5.44. The van der Waals surface area contributed by atoms with Crippen LogP contribution < -0.4 is 5.56 Å². The number of nitrogens with zero attached hydrogens (tertiary/aromatic N) is 4. The van der Waals surface area contributed by atoms with E-state index in [1.54, 1.807) is 10.9 Å². The van der Waals surface area contributed by atoms with Crippen molar-refractivity contribution in [3.05, 3.63) is 45.8 Å². The molecule has 0 aromatic carbocycles. The summed E-state index contributed by atoms with van der Waals surface area (Å²) in [6.45, 7) is 7.71. The van der Waals surface area contributed by atoms with Crippen LogP contribution in [-0.2, 0) is 13.1 Å². The van der Waals surface area contributed by atoms with Crippen LogP contribution in [0.15, 0.2) is 29.0 Å². The zero-order valence-electron chi connectivity index (χ0n) is 12.4. The summed E-state index contributed by atoms with van der Waals surface area (Å²) < 4.78 is 4.48. The maximum atomic E-state index is 12.5. The van der Waals surface area contributed by atoms with Crippen molar-refractivity contribution < 1.29 is 0 Å². The highest BCUT2D eigenvalue weighted by molar-refractivity contribution is 7.17. The molecule has 3 heterocycles. The van der Waals surface area contributed by atoms with Gasteiger partial charge in [-0.3, -0.25) is 9.36 Å². The predicted molar refractivity (Wildman–Crippen MR) is 84.8 cm³/mol. The van der Waals surface area contributed by atoms with Gasteiger partial charge in [0.05, 0.1) is 30.4 Å². The molecule has 3 rings (SSSR count). The molecule has 0 N–H and O–H groups in total. The molecule has 3 aromatic rings. The lowest BCUT2D eigenvalue weighted by Gasteiger charge is -2.11. The fourth-order valence-electron chi connectivity index (χ4n) is 2.39. The van der Waals surface area contributed by atoms with Gasteiger partial charge in [0.2, 0.25) is 0 Å². The fraction of sp³-hybridized carbons (Fsp3) is 0.400. The van der Waals surface area contributed by atoms with Gasteiger partial charge in [0.1, 0.15) is 4.70 Å². The van der Waals surface area contributed by atoms with Gasteiger partial charge in [-0.1, -0.05) is 13.8 Å². The van der Waals surface area contributed by atoms with Crippen LogP contribution in [0.2, 0.25) is 0 Å². The van der Waals surface area contributed by atoms with Gasteiger partial charge in [-0.15, -0.1) is 11.3 Å². The van der Waals surface area contributed by atoms with Gasteiger partial charge < -0.3 is 4.57 Å². The van der Waals surface area contributed by atoms with E-state index in [0.29, 0.717) is 12.5 Å². The van der Waals surface area contributed by atoms with E-state index in [1.807, 2.05) is 24.8 Å². The smallest absolute Gasteiger partial charge is 0.271 e. The third kappa shape index (κ3) is 2.63. The maximum Gasteiger partial charge on any atom is 0.271 e. The largest absolute Gasteiger partial charge is 0.333 e. The van der Waals surface area contributed by atoms with Gasteiger partial charge in [-0.25, -0.2) is 9.97 Å². The van der Waals surface area contributed by atoms with Crippen molar-refractivity contribution in [2.75, 3.05) is 0 Å². The quantitative estimate of drug-likeness (QED) is 0.744. The standard InChI is InChI=1S/C15H18N4OS/c1-10(2)5-18-8-16-4-12(18)6-19-9-17-13-11(3)7-21-14(13)15(19)20/h4,7-10H,5-6H2,1-3H3. The topological polar surface area (TPSA) is 52.7 Å². The molecule has 0 aliphatic carbocycles. The molecule has 0 unspecified atom stereocenters. The summed E-state index contributed by atoms with van der Waals surface area (Å²) in [7, 11) is 0. The summed E-state index contributed by atoms with van der Waals surface area (Å²) in [4.78, 5) is 21.1. The molecule has 0 fully saturated rings. The molecule has 0 aliphatic heterocycles. The van der Waals surface area contributed by atoms with E-state index < -0.39 is 0 Å². The van der Waals surface area contributed by atoms with Crippen LogP contribution in [0.3, 0.4) is 0 Å². The first-order valence-electron chi connectivity index (χ1n) is 6.98. The monoisotopic (exact) mass is 302 g/mol. The first-order valence-corrected chi connectivity index (χ1v) is 7.86. The minimum atomic E-state index is 0.0235. The SMILES string of the molecule is Cc1csc2c(=O)n(Cc3cncn3CC(C)C)cnc12. The molecule has 3 aromatic heterocycles. The summed E-state index contributed by atoms with van der Waals surface area (Å²) in [5.41, 5.74) is 2.93. The molecule has 21 heavy (non-hydrogen) atoms. The fourth-order valence-corrected chi connectivity index (χ4v) is 3.33. The highest BCUT2D eigenvalue weighted by Gasteiger charge is 2.10. The summed E-state index contributed by atoms with van der Waals surface area (Å²) >= 11 is 1.46. The number of fused-ring (bicyclic) bond motifs is 1. The minimum absolute atomic E-state index is 0.0235. The van der Waals surface area contributed by atoms with Crippen molar-refractivity contribution in [1.82, 2.24) is 19.1 Å². The van der Waals surface area contributed by atoms with Gasteiger partial charge in [-0.2, -0.15) is 0 Å². The number of aromatic nitrogens is 4. The van der Waals surface area contributed by atoms with Gasteiger partial charge >= 0.3 is 0 Å². The predicted octanol–water partition coefficient (Wildman–Crippen LogP) is 2.67. The zero-order chi connectivity index (χ0) is 15.0. The van der Waals surface area contributed by atoms with Crippen LogP contribution in [-0.4, -0.2) is 19.1 Å². The molecule has 0 saturated heterocycles. The molecule has 5 nitrogen and oxygen atoms in total. The van der Waals surface area contributed by atoms with E-state index in [-0.39, 0.29) is 5.56 Å². The zero-order valence-corrected chi connectivity index (χ0v) is 13.2. The van der Waals surface area contributed by atoms with E-state index in [4.69, 9.17) is 0 Å². The normalized spacial score (nSPS) is 11.6. The molecule has 0 saturated carbocycles. The van der Waals surface area contributed by atoms with E-state index >= 15 is 0 Å². The maximum absolute atomic E-state index is 12.5. The Kier molecular flexibility index (Phi) is 3.63. The Bertz CT molecular complexity index is 828. The minimum Gasteiger partial charge on any atom is -0.333 e. The molecule has 110 valence electrons. The Balaban J connectivity index is 1.97. The second-order valence-corrected chi connectivity index (χ2v) is 6.58. The van der Waals surface area contributed by atoms with Crippen LogP contribution in [0.1, 0.15) is 25.1 Å². The van der Waals surface area contributed by atoms with Crippen LogP contribution in [0, 0.1) is 12.8 Å². The lowest BCUT2D eigenvalue weighted by molar-refractivity contribution is 0.502. The van der Waals surface area contributed by atoms with Crippen molar-refractivity contribution in [2.24, 2.45) is 5.92 Å². The van der Waals surface area contributed by atoms with Crippen molar-refractivity contribution in [1.29, 1.82) is 0 Å². The molecule has 0 bridgehead atoms. The van der Waals surface area contributed by atoms with Crippen molar-refractivity contribution in [3.63, 3.8) is 0 Å². The third-order valence-corrected chi connectivity index (χ3v) is 4.49.